The molecule has 10 nitrogen and oxygen atoms in total. The van der Waals surface area contributed by atoms with E-state index < -0.39 is 6.09 Å². The first-order valence-electron chi connectivity index (χ1n) is 13.9. The molecule has 41 heavy (non-hydrogen) atoms. The Kier molecular flexibility index (Phi) is 8.67. The summed E-state index contributed by atoms with van der Waals surface area (Å²) in [5.41, 5.74) is 3.54. The molecule has 1 atom stereocenters. The van der Waals surface area contributed by atoms with Crippen LogP contribution in [-0.2, 0) is 22.4 Å². The molecule has 0 aliphatic carbocycles. The van der Waals surface area contributed by atoms with Crippen molar-refractivity contribution < 1.29 is 28.9 Å². The molecule has 4 aromatic rings. The van der Waals surface area contributed by atoms with Gasteiger partial charge >= 0.3 is 12.1 Å². The lowest BCUT2D eigenvalue weighted by molar-refractivity contribution is -0.143. The van der Waals surface area contributed by atoms with Crippen LogP contribution in [0.2, 0.25) is 0 Å². The Balaban J connectivity index is 1.32. The summed E-state index contributed by atoms with van der Waals surface area (Å²) in [5, 5.41) is 10.5. The van der Waals surface area contributed by atoms with Crippen LogP contribution in [0.4, 0.5) is 10.6 Å². The molecule has 1 amide bonds. The molecule has 1 N–H and O–H groups in total. The van der Waals surface area contributed by atoms with E-state index in [1.165, 1.54) is 4.90 Å². The summed E-state index contributed by atoms with van der Waals surface area (Å²) >= 11 is 0. The number of ether oxygens (including phenoxy) is 3. The van der Waals surface area contributed by atoms with E-state index in [1.807, 2.05) is 60.2 Å². The quantitative estimate of drug-likeness (QED) is 0.243. The van der Waals surface area contributed by atoms with Crippen molar-refractivity contribution in [2.24, 2.45) is 0 Å². The maximum Gasteiger partial charge on any atom is 0.413 e. The zero-order valence-corrected chi connectivity index (χ0v) is 23.3. The van der Waals surface area contributed by atoms with Crippen molar-refractivity contribution in [3.8, 4) is 11.5 Å². The second kappa shape index (κ2) is 12.7. The zero-order chi connectivity index (χ0) is 28.8. The van der Waals surface area contributed by atoms with Crippen molar-refractivity contribution in [3.63, 3.8) is 0 Å². The van der Waals surface area contributed by atoms with E-state index in [1.54, 1.807) is 19.3 Å². The van der Waals surface area contributed by atoms with Crippen LogP contribution in [-0.4, -0.2) is 58.1 Å². The molecule has 10 heteroatoms. The van der Waals surface area contributed by atoms with Crippen LogP contribution >= 0.6 is 0 Å². The number of benzene rings is 1. The van der Waals surface area contributed by atoms with Gasteiger partial charge in [-0.2, -0.15) is 0 Å². The number of nitrogens with zero attached hydrogens (tertiary/aromatic N) is 4. The standard InChI is InChI=1S/C31H34N4O6/c1-3-39-26-17-23(19-32-20-26)28(18-29(36)40-4-2)34-14-11-22-16-25(9-10-27(22)34)41-15-12-24-8-7-21-6-5-13-35(31(37)38)30(21)33-24/h7-11,14,16-17,19-20,28H,3-6,12-13,15,18H2,1-2H3,(H,37,38). The first-order chi connectivity index (χ1) is 20.0. The van der Waals surface area contributed by atoms with Crippen molar-refractivity contribution in [2.45, 2.75) is 45.6 Å². The normalized spacial score (nSPS) is 13.5. The van der Waals surface area contributed by atoms with Crippen LogP contribution in [0, 0.1) is 0 Å². The summed E-state index contributed by atoms with van der Waals surface area (Å²) in [7, 11) is 0. The minimum Gasteiger partial charge on any atom is -0.493 e. The largest absolute Gasteiger partial charge is 0.493 e. The number of rotatable bonds is 11. The van der Waals surface area contributed by atoms with E-state index >= 15 is 0 Å². The highest BCUT2D eigenvalue weighted by atomic mass is 16.5. The molecule has 4 heterocycles. The Morgan fingerprint density at radius 3 is 2.71 bits per heavy atom. The topological polar surface area (TPSA) is 116 Å². The van der Waals surface area contributed by atoms with E-state index in [-0.39, 0.29) is 18.4 Å². The second-order valence-corrected chi connectivity index (χ2v) is 9.78. The van der Waals surface area contributed by atoms with Gasteiger partial charge in [0.15, 0.2) is 0 Å². The molecule has 214 valence electrons. The molecule has 0 bridgehead atoms. The lowest BCUT2D eigenvalue weighted by Gasteiger charge is -2.26. The van der Waals surface area contributed by atoms with E-state index in [9.17, 15) is 14.7 Å². The van der Waals surface area contributed by atoms with Gasteiger partial charge in [-0.25, -0.2) is 9.78 Å². The molecule has 3 aromatic heterocycles. The third-order valence-electron chi connectivity index (χ3n) is 7.08. The summed E-state index contributed by atoms with van der Waals surface area (Å²) in [4.78, 5) is 34.4. The first kappa shape index (κ1) is 27.9. The van der Waals surface area contributed by atoms with E-state index in [2.05, 4.69) is 9.97 Å². The smallest absolute Gasteiger partial charge is 0.413 e. The Morgan fingerprint density at radius 2 is 1.90 bits per heavy atom. The van der Waals surface area contributed by atoms with Crippen molar-refractivity contribution in [2.75, 3.05) is 31.3 Å². The number of amides is 1. The van der Waals surface area contributed by atoms with Crippen LogP contribution in [0.15, 0.2) is 61.1 Å². The maximum absolute atomic E-state index is 12.5. The molecule has 0 saturated heterocycles. The SMILES string of the molecule is CCOC(=O)CC(c1cncc(OCC)c1)n1ccc2cc(OCCc3ccc4c(n3)N(C(=O)O)CCC4)ccc21. The third-order valence-corrected chi connectivity index (χ3v) is 7.08. The van der Waals surface area contributed by atoms with Crippen LogP contribution < -0.4 is 14.4 Å². The number of aromatic nitrogens is 3. The summed E-state index contributed by atoms with van der Waals surface area (Å²) in [6, 6.07) is 13.3. The van der Waals surface area contributed by atoms with E-state index in [4.69, 9.17) is 14.2 Å². The average molecular weight is 559 g/mol. The monoisotopic (exact) mass is 558 g/mol. The minimum atomic E-state index is -0.977. The molecule has 1 aliphatic heterocycles. The van der Waals surface area contributed by atoms with Crippen molar-refractivity contribution in [1.29, 1.82) is 0 Å². The molecular weight excluding hydrogens is 524 g/mol. The van der Waals surface area contributed by atoms with Crippen molar-refractivity contribution in [3.05, 3.63) is 77.9 Å². The van der Waals surface area contributed by atoms with Gasteiger partial charge in [0.1, 0.15) is 17.3 Å². The van der Waals surface area contributed by atoms with Crippen LogP contribution in [0.1, 0.15) is 49.6 Å². The lowest BCUT2D eigenvalue weighted by atomic mass is 10.0. The number of anilines is 1. The molecule has 0 saturated carbocycles. The summed E-state index contributed by atoms with van der Waals surface area (Å²) in [5.74, 6) is 1.60. The van der Waals surface area contributed by atoms with Gasteiger partial charge in [-0.15, -0.1) is 0 Å². The number of carboxylic acid groups (broad SMARTS) is 1. The fourth-order valence-corrected chi connectivity index (χ4v) is 5.20. The number of carbonyl (C=O) groups is 2. The number of hydrogen-bond donors (Lipinski definition) is 1. The van der Waals surface area contributed by atoms with Gasteiger partial charge in [0.25, 0.3) is 0 Å². The Labute approximate surface area is 238 Å². The van der Waals surface area contributed by atoms with Crippen molar-refractivity contribution in [1.82, 2.24) is 14.5 Å². The summed E-state index contributed by atoms with van der Waals surface area (Å²) in [6.07, 6.45) is 6.72. The van der Waals surface area contributed by atoms with Crippen LogP contribution in [0.25, 0.3) is 10.9 Å². The van der Waals surface area contributed by atoms with E-state index in [0.29, 0.717) is 50.1 Å². The molecule has 1 unspecified atom stereocenters. The molecular formula is C31H34N4O6. The Bertz CT molecular complexity index is 1530. The van der Waals surface area contributed by atoms with Crippen LogP contribution in [0.3, 0.4) is 0 Å². The van der Waals surface area contributed by atoms with Gasteiger partial charge in [-0.3, -0.25) is 14.7 Å². The summed E-state index contributed by atoms with van der Waals surface area (Å²) in [6.45, 7) is 5.40. The third kappa shape index (κ3) is 6.42. The molecule has 1 aliphatic rings. The molecule has 5 rings (SSSR count). The number of carbonyl (C=O) groups excluding carboxylic acids is 1. The highest BCUT2D eigenvalue weighted by Crippen LogP contribution is 2.31. The number of hydrogen-bond acceptors (Lipinski definition) is 7. The number of fused-ring (bicyclic) bond motifs is 2. The lowest BCUT2D eigenvalue weighted by Crippen LogP contribution is -2.35. The number of aryl methyl sites for hydroxylation is 1. The fourth-order valence-electron chi connectivity index (χ4n) is 5.20. The fraction of sp³-hybridized carbons (Fsp3) is 0.355. The second-order valence-electron chi connectivity index (χ2n) is 9.78. The Morgan fingerprint density at radius 1 is 1.02 bits per heavy atom. The number of pyridine rings is 2. The van der Waals surface area contributed by atoms with Crippen LogP contribution in [0.5, 0.6) is 11.5 Å². The summed E-state index contributed by atoms with van der Waals surface area (Å²) < 4.78 is 19.0. The zero-order valence-electron chi connectivity index (χ0n) is 23.3. The van der Waals surface area contributed by atoms with Gasteiger partial charge in [-0.1, -0.05) is 6.07 Å². The highest BCUT2D eigenvalue weighted by Gasteiger charge is 2.24. The first-order valence-corrected chi connectivity index (χ1v) is 13.9. The van der Waals surface area contributed by atoms with E-state index in [0.717, 1.165) is 40.6 Å². The van der Waals surface area contributed by atoms with Gasteiger partial charge < -0.3 is 23.9 Å². The predicted molar refractivity (Wildman–Crippen MR) is 154 cm³/mol. The highest BCUT2D eigenvalue weighted by molar-refractivity contribution is 5.86. The van der Waals surface area contributed by atoms with Gasteiger partial charge in [0, 0.05) is 42.0 Å². The maximum atomic E-state index is 12.5. The minimum absolute atomic E-state index is 0.153. The van der Waals surface area contributed by atoms with Gasteiger partial charge in [0.2, 0.25) is 0 Å². The molecule has 0 radical (unpaired) electrons. The average Bonchev–Trinajstić information content (AvgIpc) is 3.39. The Hall–Kier alpha value is -4.60. The predicted octanol–water partition coefficient (Wildman–Crippen LogP) is 5.42. The van der Waals surface area contributed by atoms with Crippen molar-refractivity contribution >= 4 is 28.8 Å². The number of esters is 1. The van der Waals surface area contributed by atoms with Gasteiger partial charge in [-0.05, 0) is 74.2 Å². The molecule has 0 fully saturated rings. The molecule has 1 aromatic carbocycles. The molecule has 0 spiro atoms. The van der Waals surface area contributed by atoms with Gasteiger partial charge in [0.05, 0.1) is 38.5 Å².